The number of piperidine rings is 1. The van der Waals surface area contributed by atoms with Crippen molar-refractivity contribution in [1.82, 2.24) is 20.1 Å². The first-order valence-corrected chi connectivity index (χ1v) is 11.5. The fourth-order valence-corrected chi connectivity index (χ4v) is 4.76. The van der Waals surface area contributed by atoms with Gasteiger partial charge in [0.05, 0.1) is 18.3 Å². The second-order valence-electron chi connectivity index (χ2n) is 8.34. The zero-order valence-electron chi connectivity index (χ0n) is 18.7. The molecule has 1 saturated heterocycles. The Morgan fingerprint density at radius 1 is 1.12 bits per heavy atom. The number of aromatic nitrogens is 3. The van der Waals surface area contributed by atoms with E-state index in [0.717, 1.165) is 37.1 Å². The summed E-state index contributed by atoms with van der Waals surface area (Å²) in [7, 11) is 0. The van der Waals surface area contributed by atoms with Crippen LogP contribution in [0.2, 0.25) is 0 Å². The summed E-state index contributed by atoms with van der Waals surface area (Å²) >= 11 is 0. The lowest BCUT2D eigenvalue weighted by Crippen LogP contribution is -2.39. The van der Waals surface area contributed by atoms with Gasteiger partial charge in [-0.05, 0) is 62.4 Å². The van der Waals surface area contributed by atoms with Crippen LogP contribution >= 0.6 is 0 Å². The molecule has 5 rings (SSSR count). The molecule has 1 atom stereocenters. The molecule has 1 aromatic carbocycles. The molecular weight excluding hydrogens is 418 g/mol. The number of nitrogens with zero attached hydrogens (tertiary/aromatic N) is 4. The van der Waals surface area contributed by atoms with E-state index in [1.807, 2.05) is 30.0 Å². The highest BCUT2D eigenvalue weighted by Gasteiger charge is 2.33. The number of hydrogen-bond donors (Lipinski definition) is 1. The maximum Gasteiger partial charge on any atom is 0.278 e. The van der Waals surface area contributed by atoms with Crippen LogP contribution in [0.3, 0.4) is 0 Å². The van der Waals surface area contributed by atoms with Crippen molar-refractivity contribution >= 4 is 17.5 Å². The van der Waals surface area contributed by atoms with Gasteiger partial charge in [-0.3, -0.25) is 14.7 Å². The third-order valence-electron chi connectivity index (χ3n) is 6.35. The molecule has 170 valence electrons. The van der Waals surface area contributed by atoms with E-state index in [1.165, 1.54) is 5.56 Å². The molecule has 0 radical (unpaired) electrons. The van der Waals surface area contributed by atoms with E-state index < -0.39 is 0 Å². The minimum Gasteiger partial charge on any atom is -0.477 e. The van der Waals surface area contributed by atoms with Gasteiger partial charge in [0, 0.05) is 25.0 Å². The van der Waals surface area contributed by atoms with Crippen LogP contribution in [0.15, 0.2) is 48.7 Å². The first-order chi connectivity index (χ1) is 16.2. The molecule has 2 aliphatic heterocycles. The molecule has 33 heavy (non-hydrogen) atoms. The third kappa shape index (κ3) is 3.97. The Morgan fingerprint density at radius 3 is 2.88 bits per heavy atom. The second kappa shape index (κ2) is 9.05. The molecule has 0 aliphatic carbocycles. The van der Waals surface area contributed by atoms with Gasteiger partial charge in [-0.1, -0.05) is 18.2 Å². The number of fused-ring (bicyclic) bond motifs is 1. The van der Waals surface area contributed by atoms with E-state index in [2.05, 4.69) is 21.2 Å². The average molecular weight is 446 g/mol. The molecular formula is C25H27N5O3. The number of rotatable bonds is 5. The largest absolute Gasteiger partial charge is 0.477 e. The molecule has 1 fully saturated rings. The molecule has 3 aromatic rings. The number of amides is 2. The standard InChI is InChI=1S/C25H27N5O3/c1-2-33-23-18(9-7-13-26-23)24(31)29-14-6-5-11-22(29)19-16-20(28-27-19)25(32)30-15-12-17-8-3-4-10-21(17)30/h3-4,7-10,13,16,22H,2,5-6,11-12,14-15H2,1H3,(H,27,28). The molecule has 0 saturated carbocycles. The fourth-order valence-electron chi connectivity index (χ4n) is 4.76. The highest BCUT2D eigenvalue weighted by atomic mass is 16.5. The van der Waals surface area contributed by atoms with E-state index in [9.17, 15) is 9.59 Å². The van der Waals surface area contributed by atoms with Crippen molar-refractivity contribution < 1.29 is 14.3 Å². The van der Waals surface area contributed by atoms with Crippen LogP contribution in [0, 0.1) is 0 Å². The minimum absolute atomic E-state index is 0.118. The summed E-state index contributed by atoms with van der Waals surface area (Å²) in [5, 5.41) is 7.37. The maximum atomic E-state index is 13.5. The Hall–Kier alpha value is -3.68. The number of carbonyl (C=O) groups is 2. The van der Waals surface area contributed by atoms with Gasteiger partial charge >= 0.3 is 0 Å². The van der Waals surface area contributed by atoms with E-state index >= 15 is 0 Å². The summed E-state index contributed by atoms with van der Waals surface area (Å²) in [5.41, 5.74) is 3.72. The summed E-state index contributed by atoms with van der Waals surface area (Å²) in [4.78, 5) is 34.5. The Morgan fingerprint density at radius 2 is 2.00 bits per heavy atom. The normalized spacial score (nSPS) is 17.7. The van der Waals surface area contributed by atoms with Crippen LogP contribution in [-0.2, 0) is 6.42 Å². The van der Waals surface area contributed by atoms with E-state index in [-0.39, 0.29) is 17.9 Å². The SMILES string of the molecule is CCOc1ncccc1C(=O)N1CCCCC1c1cc(C(=O)N2CCc3ccccc32)n[nH]1. The van der Waals surface area contributed by atoms with Crippen LogP contribution in [0.1, 0.15) is 64.3 Å². The second-order valence-corrected chi connectivity index (χ2v) is 8.34. The summed E-state index contributed by atoms with van der Waals surface area (Å²) in [6.45, 7) is 3.59. The molecule has 2 aliphatic rings. The summed E-state index contributed by atoms with van der Waals surface area (Å²) in [6, 6.07) is 13.1. The molecule has 1 unspecified atom stereocenters. The number of benzene rings is 1. The van der Waals surface area contributed by atoms with Crippen molar-refractivity contribution in [3.8, 4) is 5.88 Å². The van der Waals surface area contributed by atoms with Crippen molar-refractivity contribution in [2.24, 2.45) is 0 Å². The van der Waals surface area contributed by atoms with Gasteiger partial charge in [0.15, 0.2) is 5.69 Å². The lowest BCUT2D eigenvalue weighted by molar-refractivity contribution is 0.0601. The van der Waals surface area contributed by atoms with Gasteiger partial charge in [-0.2, -0.15) is 5.10 Å². The summed E-state index contributed by atoms with van der Waals surface area (Å²) in [6.07, 6.45) is 5.20. The topological polar surface area (TPSA) is 91.4 Å². The van der Waals surface area contributed by atoms with Gasteiger partial charge in [-0.25, -0.2) is 4.98 Å². The molecule has 0 spiro atoms. The molecule has 2 amide bonds. The van der Waals surface area contributed by atoms with Crippen LogP contribution in [-0.4, -0.2) is 51.6 Å². The van der Waals surface area contributed by atoms with E-state index in [0.29, 0.717) is 36.8 Å². The van der Waals surface area contributed by atoms with Gasteiger partial charge in [0.25, 0.3) is 11.8 Å². The number of ether oxygens (including phenoxy) is 1. The van der Waals surface area contributed by atoms with E-state index in [4.69, 9.17) is 4.74 Å². The number of hydrogen-bond acceptors (Lipinski definition) is 5. The smallest absolute Gasteiger partial charge is 0.278 e. The lowest BCUT2D eigenvalue weighted by Gasteiger charge is -2.35. The van der Waals surface area contributed by atoms with Crippen molar-refractivity contribution in [2.45, 2.75) is 38.6 Å². The average Bonchev–Trinajstić information content (AvgIpc) is 3.52. The summed E-state index contributed by atoms with van der Waals surface area (Å²) in [5.74, 6) is 0.108. The Kier molecular flexibility index (Phi) is 5.81. The zero-order valence-corrected chi connectivity index (χ0v) is 18.7. The van der Waals surface area contributed by atoms with Crippen molar-refractivity contribution in [1.29, 1.82) is 0 Å². The Labute approximate surface area is 192 Å². The molecule has 4 heterocycles. The highest BCUT2D eigenvalue weighted by molar-refractivity contribution is 6.06. The van der Waals surface area contributed by atoms with Crippen molar-refractivity contribution in [2.75, 3.05) is 24.6 Å². The number of H-pyrrole nitrogens is 1. The molecule has 8 nitrogen and oxygen atoms in total. The Balaban J connectivity index is 1.39. The predicted octanol–water partition coefficient (Wildman–Crippen LogP) is 3.77. The molecule has 0 bridgehead atoms. The minimum atomic E-state index is -0.180. The number of likely N-dealkylation sites (tertiary alicyclic amines) is 1. The number of anilines is 1. The Bertz CT molecular complexity index is 1170. The first-order valence-electron chi connectivity index (χ1n) is 11.5. The van der Waals surface area contributed by atoms with Crippen molar-refractivity contribution in [3.63, 3.8) is 0 Å². The van der Waals surface area contributed by atoms with Crippen molar-refractivity contribution in [3.05, 3.63) is 71.2 Å². The first kappa shape index (κ1) is 21.2. The van der Waals surface area contributed by atoms with Crippen LogP contribution in [0.5, 0.6) is 5.88 Å². The predicted molar refractivity (Wildman–Crippen MR) is 123 cm³/mol. The monoisotopic (exact) mass is 445 g/mol. The number of nitrogens with one attached hydrogen (secondary N) is 1. The van der Waals surface area contributed by atoms with Crippen LogP contribution in [0.25, 0.3) is 0 Å². The van der Waals surface area contributed by atoms with Gasteiger partial charge in [0.1, 0.15) is 5.56 Å². The lowest BCUT2D eigenvalue weighted by atomic mass is 9.98. The number of pyridine rings is 1. The molecule has 1 N–H and O–H groups in total. The fraction of sp³-hybridized carbons (Fsp3) is 0.360. The molecule has 2 aromatic heterocycles. The van der Waals surface area contributed by atoms with Crippen LogP contribution < -0.4 is 9.64 Å². The third-order valence-corrected chi connectivity index (χ3v) is 6.35. The molecule has 8 heteroatoms. The highest BCUT2D eigenvalue weighted by Crippen LogP contribution is 2.34. The van der Waals surface area contributed by atoms with E-state index in [1.54, 1.807) is 29.3 Å². The number of para-hydroxylation sites is 1. The zero-order chi connectivity index (χ0) is 22.8. The quantitative estimate of drug-likeness (QED) is 0.645. The number of carbonyl (C=O) groups excluding carboxylic acids is 2. The van der Waals surface area contributed by atoms with Gasteiger partial charge in [-0.15, -0.1) is 0 Å². The maximum absolute atomic E-state index is 13.5. The summed E-state index contributed by atoms with van der Waals surface area (Å²) < 4.78 is 5.58. The van der Waals surface area contributed by atoms with Crippen LogP contribution in [0.4, 0.5) is 5.69 Å². The number of aromatic amines is 1. The van der Waals surface area contributed by atoms with Gasteiger partial charge in [0.2, 0.25) is 5.88 Å². The van der Waals surface area contributed by atoms with Gasteiger partial charge < -0.3 is 14.5 Å².